The molecule has 1 N–H and O–H groups in total. The zero-order chi connectivity index (χ0) is 17.7. The number of nitrogens with zero attached hydrogens (tertiary/aromatic N) is 1. The summed E-state index contributed by atoms with van der Waals surface area (Å²) in [5.41, 5.74) is 0.609. The van der Waals surface area contributed by atoms with Crippen LogP contribution in [0.3, 0.4) is 0 Å². The number of carbonyl (C=O) groups is 1. The van der Waals surface area contributed by atoms with Crippen molar-refractivity contribution < 1.29 is 13.2 Å². The molecule has 1 fully saturated rings. The van der Waals surface area contributed by atoms with Crippen LogP contribution in [0, 0.1) is 5.92 Å². The highest BCUT2D eigenvalue weighted by Gasteiger charge is 2.24. The zero-order valence-corrected chi connectivity index (χ0v) is 15.7. The molecule has 1 saturated heterocycles. The van der Waals surface area contributed by atoms with E-state index < -0.39 is 10.0 Å². The van der Waals surface area contributed by atoms with Gasteiger partial charge in [-0.3, -0.25) is 4.79 Å². The van der Waals surface area contributed by atoms with Crippen LogP contribution >= 0.6 is 23.2 Å². The van der Waals surface area contributed by atoms with Crippen LogP contribution in [0.25, 0.3) is 6.08 Å². The maximum atomic E-state index is 11.9. The second-order valence-electron chi connectivity index (χ2n) is 5.82. The maximum absolute atomic E-state index is 11.9. The molecule has 0 aromatic heterocycles. The fraction of sp³-hybridized carbons (Fsp3) is 0.438. The highest BCUT2D eigenvalue weighted by atomic mass is 35.5. The first-order valence-electron chi connectivity index (χ1n) is 7.62. The minimum atomic E-state index is -3.12. The molecule has 1 aliphatic heterocycles. The lowest BCUT2D eigenvalue weighted by Gasteiger charge is -2.30. The Morgan fingerprint density at radius 1 is 1.29 bits per heavy atom. The Morgan fingerprint density at radius 2 is 1.88 bits per heavy atom. The molecule has 0 atom stereocenters. The van der Waals surface area contributed by atoms with Crippen LogP contribution in [-0.2, 0) is 14.8 Å². The summed E-state index contributed by atoms with van der Waals surface area (Å²) < 4.78 is 24.4. The van der Waals surface area contributed by atoms with Gasteiger partial charge in [0.15, 0.2) is 0 Å². The van der Waals surface area contributed by atoms with E-state index in [0.29, 0.717) is 35.2 Å². The van der Waals surface area contributed by atoms with Crippen LogP contribution < -0.4 is 5.32 Å². The van der Waals surface area contributed by atoms with Gasteiger partial charge in [-0.05, 0) is 37.0 Å². The molecule has 8 heteroatoms. The van der Waals surface area contributed by atoms with Gasteiger partial charge in [0.2, 0.25) is 15.9 Å². The summed E-state index contributed by atoms with van der Waals surface area (Å²) in [5, 5.41) is 3.81. The molecule has 0 bridgehead atoms. The van der Waals surface area contributed by atoms with Crippen LogP contribution in [0.4, 0.5) is 0 Å². The molecule has 5 nitrogen and oxygen atoms in total. The van der Waals surface area contributed by atoms with E-state index in [-0.39, 0.29) is 11.8 Å². The number of rotatable bonds is 5. The lowest BCUT2D eigenvalue weighted by molar-refractivity contribution is -0.116. The average molecular weight is 391 g/mol. The maximum Gasteiger partial charge on any atom is 0.244 e. The third-order valence-electron chi connectivity index (χ3n) is 4.01. The van der Waals surface area contributed by atoms with Crippen molar-refractivity contribution in [2.45, 2.75) is 12.8 Å². The Hall–Kier alpha value is -1.08. The van der Waals surface area contributed by atoms with Gasteiger partial charge in [0, 0.05) is 41.3 Å². The molecule has 0 saturated carbocycles. The summed E-state index contributed by atoms with van der Waals surface area (Å²) in [6, 6.07) is 5.16. The Kier molecular flexibility index (Phi) is 6.69. The lowest BCUT2D eigenvalue weighted by atomic mass is 9.98. The smallest absolute Gasteiger partial charge is 0.244 e. The predicted molar refractivity (Wildman–Crippen MR) is 97.6 cm³/mol. The van der Waals surface area contributed by atoms with E-state index in [9.17, 15) is 13.2 Å². The number of hydrogen-bond acceptors (Lipinski definition) is 3. The molecule has 0 spiro atoms. The standard InChI is InChI=1S/C16H20Cl2N2O3S/c1-24(22,23)20-9-7-12(8-10-20)11-19-16(21)6-5-13-14(17)3-2-4-15(13)18/h2-6,12H,7-11H2,1H3,(H,19,21)/b6-5+. The molecule has 0 radical (unpaired) electrons. The summed E-state index contributed by atoms with van der Waals surface area (Å²) in [4.78, 5) is 11.9. The van der Waals surface area contributed by atoms with Crippen molar-refractivity contribution in [3.05, 3.63) is 39.9 Å². The zero-order valence-electron chi connectivity index (χ0n) is 13.3. The highest BCUT2D eigenvalue weighted by Crippen LogP contribution is 2.25. The molecule has 1 heterocycles. The van der Waals surface area contributed by atoms with Crippen molar-refractivity contribution in [3.63, 3.8) is 0 Å². The molecule has 1 aromatic rings. The molecule has 0 aliphatic carbocycles. The van der Waals surface area contributed by atoms with Crippen LogP contribution in [0.2, 0.25) is 10.0 Å². The van der Waals surface area contributed by atoms with Crippen molar-refractivity contribution in [1.82, 2.24) is 9.62 Å². The van der Waals surface area contributed by atoms with E-state index in [1.54, 1.807) is 24.3 Å². The summed E-state index contributed by atoms with van der Waals surface area (Å²) in [5.74, 6) is 0.0563. The van der Waals surface area contributed by atoms with Gasteiger partial charge < -0.3 is 5.32 Å². The molecule has 1 aromatic carbocycles. The molecule has 0 unspecified atom stereocenters. The monoisotopic (exact) mass is 390 g/mol. The van der Waals surface area contributed by atoms with Gasteiger partial charge >= 0.3 is 0 Å². The van der Waals surface area contributed by atoms with Gasteiger partial charge in [-0.15, -0.1) is 0 Å². The van der Waals surface area contributed by atoms with Crippen molar-refractivity contribution >= 4 is 45.2 Å². The van der Waals surface area contributed by atoms with E-state index in [0.717, 1.165) is 12.8 Å². The van der Waals surface area contributed by atoms with Crippen molar-refractivity contribution in [2.24, 2.45) is 5.92 Å². The number of hydrogen-bond donors (Lipinski definition) is 1. The van der Waals surface area contributed by atoms with Gasteiger partial charge in [-0.1, -0.05) is 29.3 Å². The molecular weight excluding hydrogens is 371 g/mol. The molecule has 1 aliphatic rings. The van der Waals surface area contributed by atoms with Crippen LogP contribution in [0.5, 0.6) is 0 Å². The second-order valence-corrected chi connectivity index (χ2v) is 8.62. The summed E-state index contributed by atoms with van der Waals surface area (Å²) in [6.45, 7) is 1.53. The van der Waals surface area contributed by atoms with Crippen LogP contribution in [-0.4, -0.2) is 44.5 Å². The number of amides is 1. The van der Waals surface area contributed by atoms with Gasteiger partial charge in [0.1, 0.15) is 0 Å². The highest BCUT2D eigenvalue weighted by molar-refractivity contribution is 7.88. The predicted octanol–water partition coefficient (Wildman–Crippen LogP) is 2.79. The average Bonchev–Trinajstić information content (AvgIpc) is 2.52. The van der Waals surface area contributed by atoms with Gasteiger partial charge in [-0.25, -0.2) is 12.7 Å². The van der Waals surface area contributed by atoms with E-state index in [2.05, 4.69) is 5.32 Å². The van der Waals surface area contributed by atoms with Gasteiger partial charge in [0.05, 0.1) is 6.26 Å². The minimum absolute atomic E-state index is 0.225. The summed E-state index contributed by atoms with van der Waals surface area (Å²) in [7, 11) is -3.12. The number of carbonyl (C=O) groups excluding carboxylic acids is 1. The summed E-state index contributed by atoms with van der Waals surface area (Å²) in [6.07, 6.45) is 5.70. The number of sulfonamides is 1. The van der Waals surface area contributed by atoms with Crippen molar-refractivity contribution in [2.75, 3.05) is 25.9 Å². The molecular formula is C16H20Cl2N2O3S. The van der Waals surface area contributed by atoms with Crippen molar-refractivity contribution in [3.8, 4) is 0 Å². The van der Waals surface area contributed by atoms with Crippen LogP contribution in [0.1, 0.15) is 18.4 Å². The quantitative estimate of drug-likeness (QED) is 0.785. The first-order chi connectivity index (χ1) is 11.3. The molecule has 132 valence electrons. The number of piperidine rings is 1. The number of benzene rings is 1. The lowest BCUT2D eigenvalue weighted by Crippen LogP contribution is -2.40. The molecule has 2 rings (SSSR count). The van der Waals surface area contributed by atoms with E-state index >= 15 is 0 Å². The molecule has 24 heavy (non-hydrogen) atoms. The molecule has 1 amide bonds. The summed E-state index contributed by atoms with van der Waals surface area (Å²) >= 11 is 12.1. The van der Waals surface area contributed by atoms with E-state index in [1.165, 1.54) is 16.6 Å². The third-order valence-corrected chi connectivity index (χ3v) is 5.97. The largest absolute Gasteiger partial charge is 0.352 e. The fourth-order valence-corrected chi connectivity index (χ4v) is 3.98. The Balaban J connectivity index is 1.81. The van der Waals surface area contributed by atoms with Gasteiger partial charge in [-0.2, -0.15) is 0 Å². The number of nitrogens with one attached hydrogen (secondary N) is 1. The number of halogens is 2. The normalized spacial score (nSPS) is 17.3. The van der Waals surface area contributed by atoms with Gasteiger partial charge in [0.25, 0.3) is 0 Å². The van der Waals surface area contributed by atoms with E-state index in [4.69, 9.17) is 23.2 Å². The second kappa shape index (κ2) is 8.34. The Morgan fingerprint density at radius 3 is 2.42 bits per heavy atom. The minimum Gasteiger partial charge on any atom is -0.352 e. The van der Waals surface area contributed by atoms with Crippen molar-refractivity contribution in [1.29, 1.82) is 0 Å². The first kappa shape index (κ1) is 19.2. The van der Waals surface area contributed by atoms with E-state index in [1.807, 2.05) is 0 Å². The Bertz CT molecular complexity index is 707. The van der Waals surface area contributed by atoms with Crippen LogP contribution in [0.15, 0.2) is 24.3 Å². The fourth-order valence-electron chi connectivity index (χ4n) is 2.58. The third kappa shape index (κ3) is 5.48. The SMILES string of the molecule is CS(=O)(=O)N1CCC(CNC(=O)/C=C/c2c(Cl)cccc2Cl)CC1. The Labute approximate surface area is 152 Å². The topological polar surface area (TPSA) is 66.5 Å². The first-order valence-corrected chi connectivity index (χ1v) is 10.2.